The molecular weight excluding hydrogens is 220 g/mol. The summed E-state index contributed by atoms with van der Waals surface area (Å²) in [7, 11) is 0. The maximum Gasteiger partial charge on any atom is 0.0393 e. The van der Waals surface area contributed by atoms with Crippen LogP contribution in [0.3, 0.4) is 0 Å². The predicted octanol–water partition coefficient (Wildman–Crippen LogP) is 3.12. The van der Waals surface area contributed by atoms with Crippen LogP contribution in [0.15, 0.2) is 24.3 Å². The van der Waals surface area contributed by atoms with Crippen molar-refractivity contribution in [2.75, 3.05) is 13.1 Å². The van der Waals surface area contributed by atoms with Crippen molar-refractivity contribution in [2.45, 2.75) is 45.7 Å². The first kappa shape index (κ1) is 13.6. The first-order valence-electron chi connectivity index (χ1n) is 7.16. The molecule has 1 saturated heterocycles. The van der Waals surface area contributed by atoms with E-state index in [9.17, 15) is 0 Å². The average molecular weight is 246 g/mol. The van der Waals surface area contributed by atoms with Gasteiger partial charge in [-0.15, -0.1) is 0 Å². The van der Waals surface area contributed by atoms with Crippen LogP contribution in [0.4, 0.5) is 0 Å². The van der Waals surface area contributed by atoms with E-state index in [0.29, 0.717) is 18.0 Å². The van der Waals surface area contributed by atoms with Crippen molar-refractivity contribution in [3.8, 4) is 0 Å². The largest absolute Gasteiger partial charge is 0.330 e. The van der Waals surface area contributed by atoms with Gasteiger partial charge in [0, 0.05) is 12.1 Å². The number of nitrogens with zero attached hydrogens (tertiary/aromatic N) is 1. The third-order valence-corrected chi connectivity index (χ3v) is 4.27. The lowest BCUT2D eigenvalue weighted by molar-refractivity contribution is 0.0661. The lowest BCUT2D eigenvalue weighted by Gasteiger charge is -2.44. The van der Waals surface area contributed by atoms with Crippen LogP contribution < -0.4 is 5.73 Å². The van der Waals surface area contributed by atoms with Gasteiger partial charge in [-0.2, -0.15) is 0 Å². The third-order valence-electron chi connectivity index (χ3n) is 4.27. The zero-order chi connectivity index (χ0) is 13.1. The van der Waals surface area contributed by atoms with Crippen LogP contribution in [0.1, 0.15) is 43.9 Å². The minimum Gasteiger partial charge on any atom is -0.330 e. The van der Waals surface area contributed by atoms with Gasteiger partial charge in [0.2, 0.25) is 0 Å². The lowest BCUT2D eigenvalue weighted by atomic mass is 9.82. The third kappa shape index (κ3) is 2.60. The second-order valence-electron chi connectivity index (χ2n) is 5.77. The molecule has 2 N–H and O–H groups in total. The van der Waals surface area contributed by atoms with Crippen molar-refractivity contribution >= 4 is 0 Å². The fourth-order valence-electron chi connectivity index (χ4n) is 3.28. The SMILES string of the molecule is Cc1ccccc1C1C(CN)CCCN1C(C)C. The van der Waals surface area contributed by atoms with Gasteiger partial charge >= 0.3 is 0 Å². The Bertz CT molecular complexity index is 386. The van der Waals surface area contributed by atoms with Gasteiger partial charge in [0.1, 0.15) is 0 Å². The van der Waals surface area contributed by atoms with Gasteiger partial charge in [0.15, 0.2) is 0 Å². The van der Waals surface area contributed by atoms with Crippen LogP contribution >= 0.6 is 0 Å². The number of piperidine rings is 1. The number of rotatable bonds is 3. The summed E-state index contributed by atoms with van der Waals surface area (Å²) in [5.41, 5.74) is 8.89. The van der Waals surface area contributed by atoms with Gasteiger partial charge in [-0.05, 0) is 63.7 Å². The van der Waals surface area contributed by atoms with Crippen LogP contribution in [-0.4, -0.2) is 24.0 Å². The maximum atomic E-state index is 6.02. The molecule has 0 bridgehead atoms. The Morgan fingerprint density at radius 2 is 2.06 bits per heavy atom. The van der Waals surface area contributed by atoms with Crippen LogP contribution in [0.2, 0.25) is 0 Å². The molecular formula is C16H26N2. The molecule has 2 heteroatoms. The maximum absolute atomic E-state index is 6.02. The first-order valence-corrected chi connectivity index (χ1v) is 7.16. The van der Waals surface area contributed by atoms with E-state index in [1.54, 1.807) is 0 Å². The molecule has 0 aromatic heterocycles. The summed E-state index contributed by atoms with van der Waals surface area (Å²) in [5, 5.41) is 0. The second kappa shape index (κ2) is 5.85. The lowest BCUT2D eigenvalue weighted by Crippen LogP contribution is -2.45. The average Bonchev–Trinajstić information content (AvgIpc) is 2.38. The summed E-state index contributed by atoms with van der Waals surface area (Å²) in [6.45, 7) is 8.81. The standard InChI is InChI=1S/C16H26N2/c1-12(2)18-10-6-8-14(11-17)16(18)15-9-5-4-7-13(15)3/h4-5,7,9,12,14,16H,6,8,10-11,17H2,1-3H3. The molecule has 0 saturated carbocycles. The van der Waals surface area contributed by atoms with Gasteiger partial charge in [0.25, 0.3) is 0 Å². The number of likely N-dealkylation sites (tertiary alicyclic amines) is 1. The van der Waals surface area contributed by atoms with Gasteiger partial charge in [-0.3, -0.25) is 4.90 Å². The molecule has 1 aliphatic heterocycles. The van der Waals surface area contributed by atoms with E-state index in [0.717, 1.165) is 6.54 Å². The molecule has 1 aliphatic rings. The molecule has 1 aromatic rings. The molecule has 18 heavy (non-hydrogen) atoms. The molecule has 1 heterocycles. The summed E-state index contributed by atoms with van der Waals surface area (Å²) >= 11 is 0. The Morgan fingerprint density at radius 3 is 2.67 bits per heavy atom. The highest BCUT2D eigenvalue weighted by molar-refractivity contribution is 5.30. The van der Waals surface area contributed by atoms with Gasteiger partial charge in [-0.25, -0.2) is 0 Å². The Kier molecular flexibility index (Phi) is 4.41. The van der Waals surface area contributed by atoms with Gasteiger partial charge in [0.05, 0.1) is 0 Å². The Morgan fingerprint density at radius 1 is 1.33 bits per heavy atom. The van der Waals surface area contributed by atoms with Gasteiger partial charge in [-0.1, -0.05) is 24.3 Å². The topological polar surface area (TPSA) is 29.3 Å². The molecule has 2 nitrogen and oxygen atoms in total. The van der Waals surface area contributed by atoms with E-state index in [2.05, 4.69) is 49.9 Å². The zero-order valence-electron chi connectivity index (χ0n) is 11.9. The van der Waals surface area contributed by atoms with Crippen molar-refractivity contribution in [1.29, 1.82) is 0 Å². The molecule has 2 rings (SSSR count). The van der Waals surface area contributed by atoms with Crippen molar-refractivity contribution in [2.24, 2.45) is 11.7 Å². The van der Waals surface area contributed by atoms with Crippen LogP contribution in [-0.2, 0) is 0 Å². The minimum absolute atomic E-state index is 0.505. The predicted molar refractivity (Wildman–Crippen MR) is 77.5 cm³/mol. The number of nitrogens with two attached hydrogens (primary N) is 1. The Labute approximate surface area is 111 Å². The molecule has 0 amide bonds. The zero-order valence-corrected chi connectivity index (χ0v) is 11.9. The molecule has 1 fully saturated rings. The van der Waals surface area contributed by atoms with Crippen LogP contribution in [0.25, 0.3) is 0 Å². The van der Waals surface area contributed by atoms with Crippen molar-refractivity contribution in [1.82, 2.24) is 4.90 Å². The summed E-state index contributed by atoms with van der Waals surface area (Å²) in [5.74, 6) is 0.599. The molecule has 0 radical (unpaired) electrons. The first-order chi connectivity index (χ1) is 8.65. The highest BCUT2D eigenvalue weighted by Crippen LogP contribution is 2.37. The van der Waals surface area contributed by atoms with Gasteiger partial charge < -0.3 is 5.73 Å². The highest BCUT2D eigenvalue weighted by atomic mass is 15.2. The van der Waals surface area contributed by atoms with E-state index < -0.39 is 0 Å². The molecule has 1 aromatic carbocycles. The monoisotopic (exact) mass is 246 g/mol. The second-order valence-corrected chi connectivity index (χ2v) is 5.77. The van der Waals surface area contributed by atoms with Crippen molar-refractivity contribution < 1.29 is 0 Å². The van der Waals surface area contributed by atoms with E-state index in [-0.39, 0.29) is 0 Å². The van der Waals surface area contributed by atoms with Crippen molar-refractivity contribution in [3.63, 3.8) is 0 Å². The molecule has 100 valence electrons. The summed E-state index contributed by atoms with van der Waals surface area (Å²) in [6, 6.07) is 9.87. The number of aryl methyl sites for hydroxylation is 1. The van der Waals surface area contributed by atoms with Crippen LogP contribution in [0.5, 0.6) is 0 Å². The minimum atomic E-state index is 0.505. The summed E-state index contributed by atoms with van der Waals surface area (Å²) in [4.78, 5) is 2.63. The molecule has 0 spiro atoms. The Balaban J connectivity index is 2.37. The number of benzene rings is 1. The molecule has 0 aliphatic carbocycles. The fourth-order valence-corrected chi connectivity index (χ4v) is 3.28. The van der Waals surface area contributed by atoms with Crippen molar-refractivity contribution in [3.05, 3.63) is 35.4 Å². The number of hydrogen-bond acceptors (Lipinski definition) is 2. The Hall–Kier alpha value is -0.860. The molecule has 2 unspecified atom stereocenters. The van der Waals surface area contributed by atoms with E-state index in [1.807, 2.05) is 0 Å². The van der Waals surface area contributed by atoms with E-state index >= 15 is 0 Å². The summed E-state index contributed by atoms with van der Waals surface area (Å²) < 4.78 is 0. The quantitative estimate of drug-likeness (QED) is 0.888. The highest BCUT2D eigenvalue weighted by Gasteiger charge is 2.33. The normalized spacial score (nSPS) is 25.6. The molecule has 2 atom stereocenters. The van der Waals surface area contributed by atoms with E-state index in [4.69, 9.17) is 5.73 Å². The smallest absolute Gasteiger partial charge is 0.0393 e. The number of hydrogen-bond donors (Lipinski definition) is 1. The van der Waals surface area contributed by atoms with Crippen LogP contribution in [0, 0.1) is 12.8 Å². The summed E-state index contributed by atoms with van der Waals surface area (Å²) in [6.07, 6.45) is 2.54. The van der Waals surface area contributed by atoms with E-state index in [1.165, 1.54) is 30.5 Å². The fraction of sp³-hybridized carbons (Fsp3) is 0.625.